The lowest BCUT2D eigenvalue weighted by molar-refractivity contribution is -0.136. The van der Waals surface area contributed by atoms with Gasteiger partial charge in [-0.3, -0.25) is 4.79 Å². The minimum atomic E-state index is -0.0495. The number of nitrogens with one attached hydrogen (secondary N) is 1. The van der Waals surface area contributed by atoms with E-state index in [0.717, 1.165) is 25.1 Å². The van der Waals surface area contributed by atoms with Gasteiger partial charge in [-0.25, -0.2) is 19.9 Å². The Labute approximate surface area is 140 Å². The molecule has 8 heteroatoms. The van der Waals surface area contributed by atoms with Crippen LogP contribution in [0.5, 0.6) is 0 Å². The number of hydrogen-bond donors (Lipinski definition) is 1. The molecule has 1 amide bonds. The largest absolute Gasteiger partial charge is 0.375 e. The Bertz CT molecular complexity index is 709. The van der Waals surface area contributed by atoms with Crippen LogP contribution in [0.3, 0.4) is 0 Å². The minimum Gasteiger partial charge on any atom is -0.375 e. The number of likely N-dealkylation sites (tertiary alicyclic amines) is 1. The van der Waals surface area contributed by atoms with Crippen molar-refractivity contribution in [2.24, 2.45) is 0 Å². The summed E-state index contributed by atoms with van der Waals surface area (Å²) >= 11 is 0. The van der Waals surface area contributed by atoms with E-state index in [1.807, 2.05) is 17.9 Å². The Morgan fingerprint density at radius 2 is 2.17 bits per heavy atom. The van der Waals surface area contributed by atoms with Gasteiger partial charge < -0.3 is 15.0 Å². The number of carbonyl (C=O) groups excluding carboxylic acids is 1. The number of hydrogen-bond acceptors (Lipinski definition) is 7. The fraction of sp³-hybridized carbons (Fsp3) is 0.438. The summed E-state index contributed by atoms with van der Waals surface area (Å²) in [4.78, 5) is 31.2. The van der Waals surface area contributed by atoms with E-state index in [1.165, 1.54) is 7.11 Å². The van der Waals surface area contributed by atoms with Gasteiger partial charge in [0, 0.05) is 32.1 Å². The summed E-state index contributed by atoms with van der Waals surface area (Å²) in [5.74, 6) is 1.71. The molecule has 0 bridgehead atoms. The van der Waals surface area contributed by atoms with E-state index in [-0.39, 0.29) is 18.6 Å². The molecule has 2 aromatic rings. The maximum Gasteiger partial charge on any atom is 0.249 e. The summed E-state index contributed by atoms with van der Waals surface area (Å²) in [6.45, 7) is 2.64. The molecule has 1 N–H and O–H groups in total. The van der Waals surface area contributed by atoms with Crippen molar-refractivity contribution in [3.63, 3.8) is 0 Å². The summed E-state index contributed by atoms with van der Waals surface area (Å²) in [6, 6.07) is 3.55. The lowest BCUT2D eigenvalue weighted by Crippen LogP contribution is -2.33. The third-order valence-corrected chi connectivity index (χ3v) is 3.85. The van der Waals surface area contributed by atoms with E-state index < -0.39 is 0 Å². The zero-order valence-corrected chi connectivity index (χ0v) is 13.8. The molecule has 3 heterocycles. The molecule has 2 aromatic heterocycles. The number of aryl methyl sites for hydroxylation is 1. The van der Waals surface area contributed by atoms with E-state index in [1.54, 1.807) is 18.5 Å². The summed E-state index contributed by atoms with van der Waals surface area (Å²) in [5, 5.41) is 3.08. The maximum atomic E-state index is 12.2. The molecule has 0 radical (unpaired) electrons. The highest BCUT2D eigenvalue weighted by molar-refractivity contribution is 5.78. The fourth-order valence-electron chi connectivity index (χ4n) is 2.88. The summed E-state index contributed by atoms with van der Waals surface area (Å²) in [6.07, 6.45) is 5.15. The molecule has 8 nitrogen and oxygen atoms in total. The van der Waals surface area contributed by atoms with Crippen molar-refractivity contribution in [2.45, 2.75) is 25.8 Å². The van der Waals surface area contributed by atoms with Crippen molar-refractivity contribution in [3.05, 3.63) is 36.0 Å². The molecule has 1 aliphatic heterocycles. The lowest BCUT2D eigenvalue weighted by atomic mass is 10.1. The van der Waals surface area contributed by atoms with Crippen LogP contribution in [0.2, 0.25) is 0 Å². The molecule has 0 aromatic carbocycles. The van der Waals surface area contributed by atoms with E-state index in [0.29, 0.717) is 17.6 Å². The molecule has 1 fully saturated rings. The second-order valence-electron chi connectivity index (χ2n) is 5.60. The zero-order valence-electron chi connectivity index (χ0n) is 13.8. The van der Waals surface area contributed by atoms with E-state index in [4.69, 9.17) is 4.74 Å². The monoisotopic (exact) mass is 328 g/mol. The molecular formula is C16H20N6O2. The standard InChI is InChI=1S/C16H20N6O2/c1-11-19-12(13-5-3-8-22(13)15(23)10-24-2)9-14(20-11)21-16-17-6-4-7-18-16/h4,6-7,9,13H,3,5,8,10H2,1-2H3,(H,17,18,19,20,21). The Morgan fingerprint density at radius 1 is 1.38 bits per heavy atom. The van der Waals surface area contributed by atoms with Gasteiger partial charge in [0.2, 0.25) is 11.9 Å². The predicted octanol–water partition coefficient (Wildman–Crippen LogP) is 1.63. The first kappa shape index (κ1) is 16.3. The summed E-state index contributed by atoms with van der Waals surface area (Å²) < 4.78 is 4.97. The van der Waals surface area contributed by atoms with E-state index in [9.17, 15) is 4.79 Å². The fourth-order valence-corrected chi connectivity index (χ4v) is 2.88. The van der Waals surface area contributed by atoms with Gasteiger partial charge in [-0.15, -0.1) is 0 Å². The van der Waals surface area contributed by atoms with Crippen molar-refractivity contribution in [3.8, 4) is 0 Å². The SMILES string of the molecule is COCC(=O)N1CCCC1c1cc(Nc2ncccn2)nc(C)n1. The van der Waals surface area contributed by atoms with Crippen molar-refractivity contribution in [2.75, 3.05) is 25.6 Å². The normalized spacial score (nSPS) is 17.1. The van der Waals surface area contributed by atoms with E-state index >= 15 is 0 Å². The Kier molecular flexibility index (Phi) is 4.95. The predicted molar refractivity (Wildman–Crippen MR) is 87.6 cm³/mol. The van der Waals surface area contributed by atoms with Crippen LogP contribution in [-0.2, 0) is 9.53 Å². The number of methoxy groups -OCH3 is 1. The third-order valence-electron chi connectivity index (χ3n) is 3.85. The first-order valence-corrected chi connectivity index (χ1v) is 7.85. The van der Waals surface area contributed by atoms with E-state index in [2.05, 4.69) is 25.3 Å². The van der Waals surface area contributed by atoms with Crippen LogP contribution < -0.4 is 5.32 Å². The molecule has 1 aliphatic rings. The topological polar surface area (TPSA) is 93.1 Å². The van der Waals surface area contributed by atoms with Gasteiger partial charge in [-0.05, 0) is 25.8 Å². The molecule has 1 atom stereocenters. The van der Waals surface area contributed by atoms with Crippen molar-refractivity contribution in [1.82, 2.24) is 24.8 Å². The summed E-state index contributed by atoms with van der Waals surface area (Å²) in [5.41, 5.74) is 0.822. The van der Waals surface area contributed by atoms with Crippen LogP contribution in [0.4, 0.5) is 11.8 Å². The average molecular weight is 328 g/mol. The van der Waals surface area contributed by atoms with Gasteiger partial charge in [-0.2, -0.15) is 0 Å². The molecule has 126 valence electrons. The molecule has 0 spiro atoms. The van der Waals surface area contributed by atoms with Crippen LogP contribution in [0, 0.1) is 6.92 Å². The van der Waals surface area contributed by atoms with Crippen molar-refractivity contribution >= 4 is 17.7 Å². The van der Waals surface area contributed by atoms with Gasteiger partial charge in [0.25, 0.3) is 0 Å². The molecule has 1 unspecified atom stereocenters. The van der Waals surface area contributed by atoms with Gasteiger partial charge >= 0.3 is 0 Å². The number of ether oxygens (including phenoxy) is 1. The Hall–Kier alpha value is -2.61. The highest BCUT2D eigenvalue weighted by Crippen LogP contribution is 2.32. The molecule has 3 rings (SSSR count). The second kappa shape index (κ2) is 7.31. The number of anilines is 2. The second-order valence-corrected chi connectivity index (χ2v) is 5.60. The van der Waals surface area contributed by atoms with Gasteiger partial charge in [0.15, 0.2) is 0 Å². The molecular weight excluding hydrogens is 308 g/mol. The first-order valence-electron chi connectivity index (χ1n) is 7.85. The van der Waals surface area contributed by atoms with Crippen LogP contribution in [0.25, 0.3) is 0 Å². The van der Waals surface area contributed by atoms with Crippen molar-refractivity contribution in [1.29, 1.82) is 0 Å². The molecule has 0 saturated carbocycles. The zero-order chi connectivity index (χ0) is 16.9. The number of nitrogens with zero attached hydrogens (tertiary/aromatic N) is 5. The molecule has 1 saturated heterocycles. The van der Waals surface area contributed by atoms with Crippen LogP contribution in [0.15, 0.2) is 24.5 Å². The smallest absolute Gasteiger partial charge is 0.249 e. The quantitative estimate of drug-likeness (QED) is 0.891. The lowest BCUT2D eigenvalue weighted by Gasteiger charge is -2.24. The number of aromatic nitrogens is 4. The molecule has 0 aliphatic carbocycles. The van der Waals surface area contributed by atoms with Gasteiger partial charge in [0.05, 0.1) is 11.7 Å². The average Bonchev–Trinajstić information content (AvgIpc) is 3.05. The summed E-state index contributed by atoms with van der Waals surface area (Å²) in [7, 11) is 1.53. The van der Waals surface area contributed by atoms with Crippen LogP contribution >= 0.6 is 0 Å². The van der Waals surface area contributed by atoms with Gasteiger partial charge in [-0.1, -0.05) is 0 Å². The maximum absolute atomic E-state index is 12.2. The Morgan fingerprint density at radius 3 is 2.92 bits per heavy atom. The number of carbonyl (C=O) groups is 1. The van der Waals surface area contributed by atoms with Crippen LogP contribution in [-0.4, -0.2) is 51.0 Å². The highest BCUT2D eigenvalue weighted by Gasteiger charge is 2.31. The minimum absolute atomic E-state index is 0.0165. The van der Waals surface area contributed by atoms with Crippen LogP contribution in [0.1, 0.15) is 30.4 Å². The first-order chi connectivity index (χ1) is 11.7. The van der Waals surface area contributed by atoms with Gasteiger partial charge in [0.1, 0.15) is 18.2 Å². The Balaban J connectivity index is 1.84. The highest BCUT2D eigenvalue weighted by atomic mass is 16.5. The van der Waals surface area contributed by atoms with Crippen molar-refractivity contribution < 1.29 is 9.53 Å². The third kappa shape index (κ3) is 3.65. The molecule has 24 heavy (non-hydrogen) atoms. The number of amides is 1. The number of rotatable bonds is 5.